The normalized spacial score (nSPS) is 11.1. The molecule has 0 bridgehead atoms. The topological polar surface area (TPSA) is 56.7 Å². The van der Waals surface area contributed by atoms with E-state index >= 15 is 0 Å². The fourth-order valence-electron chi connectivity index (χ4n) is 2.36. The van der Waals surface area contributed by atoms with E-state index in [4.69, 9.17) is 5.73 Å². The van der Waals surface area contributed by atoms with E-state index in [1.165, 1.54) is 12.1 Å². The average Bonchev–Trinajstić information content (AvgIpc) is 2.77. The summed E-state index contributed by atoms with van der Waals surface area (Å²) in [4.78, 5) is 8.53. The molecular formula is C15H15FN4. The summed E-state index contributed by atoms with van der Waals surface area (Å²) in [5.41, 5.74) is 8.21. The van der Waals surface area contributed by atoms with Crippen LogP contribution in [0.25, 0.3) is 22.4 Å². The number of nitrogen functional groups attached to an aromatic ring is 1. The van der Waals surface area contributed by atoms with Crippen LogP contribution in [-0.4, -0.2) is 14.5 Å². The molecule has 3 aromatic rings. The lowest BCUT2D eigenvalue weighted by molar-refractivity contribution is 0.629. The number of anilines is 1. The molecular weight excluding hydrogens is 255 g/mol. The molecule has 0 unspecified atom stereocenters. The number of halogens is 1. The van der Waals surface area contributed by atoms with Gasteiger partial charge in [-0.1, -0.05) is 6.92 Å². The van der Waals surface area contributed by atoms with Crippen molar-refractivity contribution in [2.75, 3.05) is 5.73 Å². The van der Waals surface area contributed by atoms with Gasteiger partial charge in [0.1, 0.15) is 17.5 Å². The zero-order chi connectivity index (χ0) is 14.1. The lowest BCUT2D eigenvalue weighted by Gasteiger charge is -2.08. The van der Waals surface area contributed by atoms with Crippen LogP contribution in [0.15, 0.2) is 36.5 Å². The Kier molecular flexibility index (Phi) is 3.10. The Hall–Kier alpha value is -2.43. The van der Waals surface area contributed by atoms with Gasteiger partial charge in [-0.05, 0) is 30.7 Å². The molecule has 3 rings (SSSR count). The van der Waals surface area contributed by atoms with Gasteiger partial charge in [0.05, 0.1) is 11.0 Å². The van der Waals surface area contributed by atoms with Crippen LogP contribution < -0.4 is 5.73 Å². The molecule has 0 atom stereocenters. The molecule has 2 aromatic heterocycles. The van der Waals surface area contributed by atoms with Crippen molar-refractivity contribution < 1.29 is 4.39 Å². The zero-order valence-corrected chi connectivity index (χ0v) is 11.2. The number of imidazole rings is 1. The van der Waals surface area contributed by atoms with Gasteiger partial charge < -0.3 is 10.3 Å². The first-order valence-electron chi connectivity index (χ1n) is 6.56. The summed E-state index contributed by atoms with van der Waals surface area (Å²) < 4.78 is 15.4. The van der Waals surface area contributed by atoms with Crippen molar-refractivity contribution in [1.82, 2.24) is 14.5 Å². The highest BCUT2D eigenvalue weighted by molar-refractivity contribution is 5.81. The fourth-order valence-corrected chi connectivity index (χ4v) is 2.36. The van der Waals surface area contributed by atoms with Crippen LogP contribution in [0.2, 0.25) is 0 Å². The SMILES string of the molecule is CCCn1c(-c2ccnc(N)c2)nc2cc(F)ccc21. The molecule has 0 fully saturated rings. The van der Waals surface area contributed by atoms with E-state index in [9.17, 15) is 4.39 Å². The van der Waals surface area contributed by atoms with Crippen molar-refractivity contribution in [2.45, 2.75) is 19.9 Å². The van der Waals surface area contributed by atoms with Gasteiger partial charge in [-0.3, -0.25) is 0 Å². The first kappa shape index (κ1) is 12.6. The number of fused-ring (bicyclic) bond motifs is 1. The van der Waals surface area contributed by atoms with Crippen LogP contribution in [0.4, 0.5) is 10.2 Å². The minimum atomic E-state index is -0.278. The number of hydrogen-bond donors (Lipinski definition) is 1. The lowest BCUT2D eigenvalue weighted by atomic mass is 10.2. The summed E-state index contributed by atoms with van der Waals surface area (Å²) in [7, 11) is 0. The quantitative estimate of drug-likeness (QED) is 0.795. The number of rotatable bonds is 3. The largest absolute Gasteiger partial charge is 0.384 e. The second kappa shape index (κ2) is 4.92. The molecule has 0 saturated carbocycles. The van der Waals surface area contributed by atoms with E-state index in [1.807, 2.05) is 6.07 Å². The minimum Gasteiger partial charge on any atom is -0.384 e. The maximum atomic E-state index is 13.4. The number of benzene rings is 1. The number of aromatic nitrogens is 3. The highest BCUT2D eigenvalue weighted by Gasteiger charge is 2.13. The predicted octanol–water partition coefficient (Wildman–Crippen LogP) is 3.23. The van der Waals surface area contributed by atoms with E-state index in [-0.39, 0.29) is 5.82 Å². The molecule has 4 nitrogen and oxygen atoms in total. The summed E-state index contributed by atoms with van der Waals surface area (Å²) in [6.45, 7) is 2.92. The van der Waals surface area contributed by atoms with Crippen molar-refractivity contribution >= 4 is 16.9 Å². The average molecular weight is 270 g/mol. The van der Waals surface area contributed by atoms with Crippen LogP contribution in [-0.2, 0) is 6.54 Å². The summed E-state index contributed by atoms with van der Waals surface area (Å²) in [5, 5.41) is 0. The Bertz CT molecular complexity index is 764. The molecule has 5 heteroatoms. The second-order valence-corrected chi connectivity index (χ2v) is 4.69. The molecule has 0 aliphatic carbocycles. The highest BCUT2D eigenvalue weighted by atomic mass is 19.1. The zero-order valence-electron chi connectivity index (χ0n) is 11.2. The molecule has 0 spiro atoms. The Morgan fingerprint density at radius 2 is 2.10 bits per heavy atom. The Morgan fingerprint density at radius 3 is 2.85 bits per heavy atom. The first-order valence-corrected chi connectivity index (χ1v) is 6.56. The number of aryl methyl sites for hydroxylation is 1. The van der Waals surface area contributed by atoms with Gasteiger partial charge in [0.2, 0.25) is 0 Å². The van der Waals surface area contributed by atoms with Crippen molar-refractivity contribution in [3.63, 3.8) is 0 Å². The van der Waals surface area contributed by atoms with Crippen molar-refractivity contribution in [3.8, 4) is 11.4 Å². The standard InChI is InChI=1S/C15H15FN4/c1-2-7-20-13-4-3-11(16)9-12(13)19-15(20)10-5-6-18-14(17)8-10/h3-6,8-9H,2,7H2,1H3,(H2,17,18). The van der Waals surface area contributed by atoms with Gasteiger partial charge in [0, 0.05) is 24.4 Å². The summed E-state index contributed by atoms with van der Waals surface area (Å²) in [5.74, 6) is 0.963. The van der Waals surface area contributed by atoms with E-state index < -0.39 is 0 Å². The first-order chi connectivity index (χ1) is 9.69. The Balaban J connectivity index is 2.25. The van der Waals surface area contributed by atoms with E-state index in [1.54, 1.807) is 18.3 Å². The summed E-state index contributed by atoms with van der Waals surface area (Å²) >= 11 is 0. The molecule has 0 amide bonds. The number of nitrogens with two attached hydrogens (primary N) is 1. The molecule has 2 heterocycles. The maximum absolute atomic E-state index is 13.4. The molecule has 0 aliphatic heterocycles. The number of nitrogens with zero attached hydrogens (tertiary/aromatic N) is 3. The van der Waals surface area contributed by atoms with Gasteiger partial charge in [-0.2, -0.15) is 0 Å². The van der Waals surface area contributed by atoms with E-state index in [0.717, 1.165) is 29.9 Å². The van der Waals surface area contributed by atoms with Crippen LogP contribution in [0, 0.1) is 5.82 Å². The fraction of sp³-hybridized carbons (Fsp3) is 0.200. The van der Waals surface area contributed by atoms with Crippen molar-refractivity contribution in [2.24, 2.45) is 0 Å². The second-order valence-electron chi connectivity index (χ2n) is 4.69. The van der Waals surface area contributed by atoms with Gasteiger partial charge in [-0.15, -0.1) is 0 Å². The highest BCUT2D eigenvalue weighted by Crippen LogP contribution is 2.26. The van der Waals surface area contributed by atoms with Gasteiger partial charge in [0.15, 0.2) is 0 Å². The van der Waals surface area contributed by atoms with E-state index in [2.05, 4.69) is 21.5 Å². The summed E-state index contributed by atoms with van der Waals surface area (Å²) in [6, 6.07) is 8.32. The molecule has 1 aromatic carbocycles. The number of pyridine rings is 1. The Morgan fingerprint density at radius 1 is 1.25 bits per heavy atom. The monoisotopic (exact) mass is 270 g/mol. The molecule has 2 N–H and O–H groups in total. The number of hydrogen-bond acceptors (Lipinski definition) is 3. The third kappa shape index (κ3) is 2.11. The molecule has 0 radical (unpaired) electrons. The van der Waals surface area contributed by atoms with Gasteiger partial charge in [-0.25, -0.2) is 14.4 Å². The molecule has 20 heavy (non-hydrogen) atoms. The lowest BCUT2D eigenvalue weighted by Crippen LogP contribution is -2.00. The maximum Gasteiger partial charge on any atom is 0.141 e. The van der Waals surface area contributed by atoms with E-state index in [0.29, 0.717) is 11.3 Å². The predicted molar refractivity (Wildman–Crippen MR) is 77.6 cm³/mol. The Labute approximate surface area is 116 Å². The minimum absolute atomic E-state index is 0.278. The smallest absolute Gasteiger partial charge is 0.141 e. The molecule has 102 valence electrons. The molecule has 0 aliphatic rings. The van der Waals surface area contributed by atoms with Crippen molar-refractivity contribution in [1.29, 1.82) is 0 Å². The third-order valence-corrected chi connectivity index (χ3v) is 3.20. The van der Waals surface area contributed by atoms with Crippen LogP contribution in [0.1, 0.15) is 13.3 Å². The van der Waals surface area contributed by atoms with Crippen LogP contribution >= 0.6 is 0 Å². The summed E-state index contributed by atoms with van der Waals surface area (Å²) in [6.07, 6.45) is 2.62. The molecule has 0 saturated heterocycles. The van der Waals surface area contributed by atoms with Crippen molar-refractivity contribution in [3.05, 3.63) is 42.3 Å². The van der Waals surface area contributed by atoms with Gasteiger partial charge >= 0.3 is 0 Å². The third-order valence-electron chi connectivity index (χ3n) is 3.20. The van der Waals surface area contributed by atoms with Crippen LogP contribution in [0.3, 0.4) is 0 Å². The van der Waals surface area contributed by atoms with Crippen LogP contribution in [0.5, 0.6) is 0 Å². The van der Waals surface area contributed by atoms with Gasteiger partial charge in [0.25, 0.3) is 0 Å².